The van der Waals surface area contributed by atoms with Crippen LogP contribution in [0.4, 0.5) is 10.5 Å². The predicted molar refractivity (Wildman–Crippen MR) is 118 cm³/mol. The van der Waals surface area contributed by atoms with Gasteiger partial charge in [0, 0.05) is 39.3 Å². The second-order valence-corrected chi connectivity index (χ2v) is 8.22. The van der Waals surface area contributed by atoms with Crippen LogP contribution >= 0.6 is 0 Å². The quantitative estimate of drug-likeness (QED) is 0.591. The predicted octanol–water partition coefficient (Wildman–Crippen LogP) is 3.48. The van der Waals surface area contributed by atoms with Crippen molar-refractivity contribution in [2.45, 2.75) is 38.5 Å². The van der Waals surface area contributed by atoms with Crippen molar-refractivity contribution >= 4 is 11.7 Å². The molecule has 1 aromatic carbocycles. The lowest BCUT2D eigenvalue weighted by Crippen LogP contribution is -2.33. The number of urea groups is 1. The Morgan fingerprint density at radius 1 is 1.25 bits per heavy atom. The van der Waals surface area contributed by atoms with Gasteiger partial charge in [0.15, 0.2) is 5.82 Å². The van der Waals surface area contributed by atoms with Gasteiger partial charge in [0.25, 0.3) is 0 Å². The number of hydrogen-bond donors (Lipinski definition) is 1. The summed E-state index contributed by atoms with van der Waals surface area (Å²) in [4.78, 5) is 19.0. The molecule has 32 heavy (non-hydrogen) atoms. The summed E-state index contributed by atoms with van der Waals surface area (Å²) >= 11 is 0. The monoisotopic (exact) mass is 444 g/mol. The van der Waals surface area contributed by atoms with E-state index < -0.39 is 0 Å². The highest BCUT2D eigenvalue weighted by molar-refractivity contribution is 5.91. The SMILES string of the molecule is CCOc1ccccc1NC(=O)N1CCC(c2nc(CCOCC3CCOCC3)no2)C1. The van der Waals surface area contributed by atoms with Gasteiger partial charge in [0.05, 0.1) is 24.8 Å². The first-order valence-electron chi connectivity index (χ1n) is 11.5. The molecule has 1 aromatic heterocycles. The number of hydrogen-bond acceptors (Lipinski definition) is 7. The highest BCUT2D eigenvalue weighted by atomic mass is 16.5. The number of amides is 2. The summed E-state index contributed by atoms with van der Waals surface area (Å²) in [5, 5.41) is 7.04. The van der Waals surface area contributed by atoms with Crippen molar-refractivity contribution in [3.63, 3.8) is 0 Å². The zero-order valence-electron chi connectivity index (χ0n) is 18.6. The van der Waals surface area contributed by atoms with Gasteiger partial charge in [0.1, 0.15) is 5.75 Å². The van der Waals surface area contributed by atoms with Gasteiger partial charge in [-0.2, -0.15) is 4.98 Å². The Morgan fingerprint density at radius 2 is 2.09 bits per heavy atom. The molecule has 2 aliphatic rings. The molecule has 174 valence electrons. The van der Waals surface area contributed by atoms with Crippen molar-refractivity contribution in [1.29, 1.82) is 0 Å². The van der Waals surface area contributed by atoms with Gasteiger partial charge in [-0.05, 0) is 44.2 Å². The van der Waals surface area contributed by atoms with Gasteiger partial charge >= 0.3 is 6.03 Å². The van der Waals surface area contributed by atoms with Crippen LogP contribution in [-0.2, 0) is 15.9 Å². The maximum absolute atomic E-state index is 12.7. The van der Waals surface area contributed by atoms with E-state index >= 15 is 0 Å². The zero-order chi connectivity index (χ0) is 22.2. The third-order valence-corrected chi connectivity index (χ3v) is 5.90. The molecule has 2 saturated heterocycles. The van der Waals surface area contributed by atoms with E-state index in [2.05, 4.69) is 15.5 Å². The average molecular weight is 445 g/mol. The molecule has 2 fully saturated rings. The summed E-state index contributed by atoms with van der Waals surface area (Å²) in [5.74, 6) is 2.54. The van der Waals surface area contributed by atoms with Crippen LogP contribution in [-0.4, -0.2) is 67.2 Å². The van der Waals surface area contributed by atoms with Crippen LogP contribution in [0.1, 0.15) is 43.8 Å². The Bertz CT molecular complexity index is 868. The van der Waals surface area contributed by atoms with Gasteiger partial charge < -0.3 is 29.0 Å². The molecule has 3 heterocycles. The lowest BCUT2D eigenvalue weighted by Gasteiger charge is -2.21. The summed E-state index contributed by atoms with van der Waals surface area (Å²) in [7, 11) is 0. The molecule has 4 rings (SSSR count). The first-order chi connectivity index (χ1) is 15.7. The fourth-order valence-electron chi connectivity index (χ4n) is 4.05. The summed E-state index contributed by atoms with van der Waals surface area (Å²) < 4.78 is 22.2. The Morgan fingerprint density at radius 3 is 2.94 bits per heavy atom. The largest absolute Gasteiger partial charge is 0.492 e. The standard InChI is InChI=1S/C23H32N4O5/c1-2-31-20-6-4-3-5-19(20)24-23(28)27-11-7-18(15-27)22-25-21(26-32-22)10-14-30-16-17-8-12-29-13-9-17/h3-6,17-18H,2,7-16H2,1H3,(H,24,28). The third-order valence-electron chi connectivity index (χ3n) is 5.90. The molecular formula is C23H32N4O5. The van der Waals surface area contributed by atoms with Gasteiger partial charge in [-0.1, -0.05) is 17.3 Å². The number of carbonyl (C=O) groups is 1. The minimum absolute atomic E-state index is 0.0484. The number of rotatable bonds is 9. The lowest BCUT2D eigenvalue weighted by molar-refractivity contribution is 0.0211. The van der Waals surface area contributed by atoms with Crippen molar-refractivity contribution < 1.29 is 23.5 Å². The second-order valence-electron chi connectivity index (χ2n) is 8.22. The number of benzene rings is 1. The molecule has 2 amide bonds. The van der Waals surface area contributed by atoms with Crippen molar-refractivity contribution in [2.24, 2.45) is 5.92 Å². The minimum atomic E-state index is -0.152. The highest BCUT2D eigenvalue weighted by Crippen LogP contribution is 2.28. The molecule has 9 nitrogen and oxygen atoms in total. The van der Waals surface area contributed by atoms with E-state index in [0.29, 0.717) is 61.8 Å². The van der Waals surface area contributed by atoms with Crippen LogP contribution < -0.4 is 10.1 Å². The van der Waals surface area contributed by atoms with Gasteiger partial charge in [-0.25, -0.2) is 4.79 Å². The van der Waals surface area contributed by atoms with Gasteiger partial charge in [-0.3, -0.25) is 0 Å². The summed E-state index contributed by atoms with van der Waals surface area (Å²) in [6.07, 6.45) is 3.55. The van der Waals surface area contributed by atoms with Crippen molar-refractivity contribution in [2.75, 3.05) is 51.4 Å². The fraction of sp³-hybridized carbons (Fsp3) is 0.609. The van der Waals surface area contributed by atoms with E-state index in [4.69, 9.17) is 18.7 Å². The Labute approximate surface area is 188 Å². The highest BCUT2D eigenvalue weighted by Gasteiger charge is 2.31. The molecule has 0 aliphatic carbocycles. The molecule has 0 saturated carbocycles. The van der Waals surface area contributed by atoms with Crippen LogP contribution in [0.2, 0.25) is 0 Å². The minimum Gasteiger partial charge on any atom is -0.492 e. The molecule has 1 unspecified atom stereocenters. The second kappa shape index (κ2) is 11.3. The molecular weight excluding hydrogens is 412 g/mol. The van der Waals surface area contributed by atoms with Crippen LogP contribution in [0.5, 0.6) is 5.75 Å². The maximum atomic E-state index is 12.7. The molecule has 2 aliphatic heterocycles. The number of ether oxygens (including phenoxy) is 3. The van der Waals surface area contributed by atoms with Crippen molar-refractivity contribution in [1.82, 2.24) is 15.0 Å². The lowest BCUT2D eigenvalue weighted by atomic mass is 10.0. The fourth-order valence-corrected chi connectivity index (χ4v) is 4.05. The Balaban J connectivity index is 1.22. The van der Waals surface area contributed by atoms with E-state index in [0.717, 1.165) is 39.1 Å². The molecule has 1 N–H and O–H groups in total. The normalized spacial score (nSPS) is 19.3. The topological polar surface area (TPSA) is 99.0 Å². The molecule has 0 bridgehead atoms. The van der Waals surface area contributed by atoms with E-state index in [1.165, 1.54) is 0 Å². The van der Waals surface area contributed by atoms with Crippen LogP contribution in [0.15, 0.2) is 28.8 Å². The number of likely N-dealkylation sites (tertiary alicyclic amines) is 1. The number of carbonyl (C=O) groups excluding carboxylic acids is 1. The molecule has 9 heteroatoms. The number of para-hydroxylation sites is 2. The van der Waals surface area contributed by atoms with E-state index in [-0.39, 0.29) is 11.9 Å². The Kier molecular flexibility index (Phi) is 7.95. The smallest absolute Gasteiger partial charge is 0.321 e. The maximum Gasteiger partial charge on any atom is 0.321 e. The van der Waals surface area contributed by atoms with Gasteiger partial charge in [0.2, 0.25) is 5.89 Å². The summed E-state index contributed by atoms with van der Waals surface area (Å²) in [6.45, 7) is 6.64. The number of nitrogens with zero attached hydrogens (tertiary/aromatic N) is 3. The van der Waals surface area contributed by atoms with E-state index in [1.54, 1.807) is 4.90 Å². The van der Waals surface area contributed by atoms with Crippen LogP contribution in [0, 0.1) is 5.92 Å². The van der Waals surface area contributed by atoms with Crippen LogP contribution in [0.3, 0.4) is 0 Å². The molecule has 2 aromatic rings. The molecule has 0 spiro atoms. The number of aromatic nitrogens is 2. The first kappa shape index (κ1) is 22.5. The van der Waals surface area contributed by atoms with Gasteiger partial charge in [-0.15, -0.1) is 0 Å². The third kappa shape index (κ3) is 5.98. The summed E-state index contributed by atoms with van der Waals surface area (Å²) in [6, 6.07) is 7.29. The number of nitrogens with one attached hydrogen (secondary N) is 1. The zero-order valence-corrected chi connectivity index (χ0v) is 18.6. The first-order valence-corrected chi connectivity index (χ1v) is 11.5. The number of anilines is 1. The van der Waals surface area contributed by atoms with E-state index in [1.807, 2.05) is 31.2 Å². The van der Waals surface area contributed by atoms with Crippen molar-refractivity contribution in [3.8, 4) is 5.75 Å². The van der Waals surface area contributed by atoms with Crippen molar-refractivity contribution in [3.05, 3.63) is 36.0 Å². The average Bonchev–Trinajstić information content (AvgIpc) is 3.49. The van der Waals surface area contributed by atoms with E-state index in [9.17, 15) is 4.79 Å². The van der Waals surface area contributed by atoms with Crippen LogP contribution in [0.25, 0.3) is 0 Å². The molecule has 0 radical (unpaired) electrons. The molecule has 1 atom stereocenters. The Hall–Kier alpha value is -2.65. The summed E-state index contributed by atoms with van der Waals surface area (Å²) in [5.41, 5.74) is 0.670.